The second kappa shape index (κ2) is 14.8. The first-order chi connectivity index (χ1) is 16.8. The van der Waals surface area contributed by atoms with Gasteiger partial charge < -0.3 is 43.7 Å². The first-order valence-electron chi connectivity index (χ1n) is 11.4. The van der Waals surface area contributed by atoms with Gasteiger partial charge in [0.05, 0.1) is 38.9 Å². The van der Waals surface area contributed by atoms with Crippen LogP contribution >= 0.6 is 10.7 Å². The lowest BCUT2D eigenvalue weighted by Crippen LogP contribution is -2.54. The van der Waals surface area contributed by atoms with Crippen molar-refractivity contribution in [3.8, 4) is 0 Å². The third-order valence-corrected chi connectivity index (χ3v) is 6.02. The molecule has 3 N–H and O–H groups in total. The van der Waals surface area contributed by atoms with E-state index >= 15 is 0 Å². The number of ether oxygens (including phenoxy) is 6. The van der Waals surface area contributed by atoms with E-state index in [2.05, 4.69) is 10.7 Å². The summed E-state index contributed by atoms with van der Waals surface area (Å²) >= 11 is 0. The van der Waals surface area contributed by atoms with Gasteiger partial charge >= 0.3 is 0 Å². The van der Waals surface area contributed by atoms with Crippen LogP contribution in [0.1, 0.15) is 42.5 Å². The molecule has 4 fully saturated rings. The number of aliphatic hydroxyl groups is 3. The van der Waals surface area contributed by atoms with Crippen molar-refractivity contribution in [2.75, 3.05) is 38.9 Å². The molecule has 4 heterocycles. The molecular weight excluding hydrogens is 588 g/mol. The van der Waals surface area contributed by atoms with Crippen LogP contribution in [0, 0.1) is 0 Å². The third kappa shape index (κ3) is 12.3. The maximum atomic E-state index is 11.3. The van der Waals surface area contributed by atoms with Crippen molar-refractivity contribution < 1.29 is 64.8 Å². The number of hydrogen-bond donors (Lipinski definition) is 3. The van der Waals surface area contributed by atoms with E-state index in [1.165, 1.54) is 0 Å². The zero-order chi connectivity index (χ0) is 28.4. The van der Waals surface area contributed by atoms with Crippen molar-refractivity contribution in [2.24, 2.45) is 0 Å². The summed E-state index contributed by atoms with van der Waals surface area (Å²) in [4.78, 5) is 0. The Bertz CT molecular complexity index is 950. The molecule has 0 amide bonds. The number of rotatable bonds is 4. The number of fused-ring (bicyclic) bond motifs is 2. The Morgan fingerprint density at radius 1 is 0.795 bits per heavy atom. The summed E-state index contributed by atoms with van der Waals surface area (Å²) in [7, 11) is -2.36. The van der Waals surface area contributed by atoms with Crippen molar-refractivity contribution >= 4 is 29.9 Å². The van der Waals surface area contributed by atoms with E-state index in [1.807, 2.05) is 0 Å². The highest BCUT2D eigenvalue weighted by Crippen LogP contribution is 2.36. The van der Waals surface area contributed by atoms with Crippen molar-refractivity contribution in [3.63, 3.8) is 0 Å². The Hall–Kier alpha value is -0.210. The molecule has 17 heteroatoms. The van der Waals surface area contributed by atoms with Gasteiger partial charge in [-0.2, -0.15) is 8.42 Å². The SMILES string of the molecule is C.C.CC1(C)O[C@H]2[C@H](COC(CO)[C@@H]2O)O1.CC1(C)O[C@H]2[C@H](COC(CO)[C@@H]2OS(C)(=O)=O)O1.CS(=O)(=O)Cl. The Kier molecular flexibility index (Phi) is 14.7. The van der Waals surface area contributed by atoms with Crippen LogP contribution in [0.4, 0.5) is 0 Å². The maximum Gasteiger partial charge on any atom is 0.264 e. The van der Waals surface area contributed by atoms with Gasteiger partial charge in [-0.1, -0.05) is 14.9 Å². The minimum absolute atomic E-state index is 0. The fourth-order valence-corrected chi connectivity index (χ4v) is 4.88. The lowest BCUT2D eigenvalue weighted by molar-refractivity contribution is -0.167. The summed E-state index contributed by atoms with van der Waals surface area (Å²) in [5, 5.41) is 27.9. The van der Waals surface area contributed by atoms with Crippen molar-refractivity contribution in [1.82, 2.24) is 0 Å². The van der Waals surface area contributed by atoms with Gasteiger partial charge in [-0.25, -0.2) is 8.42 Å². The number of halogens is 1. The average Bonchev–Trinajstić information content (AvgIpc) is 3.21. The molecule has 0 bridgehead atoms. The summed E-state index contributed by atoms with van der Waals surface area (Å²) in [6.45, 7) is 7.12. The molecule has 0 aromatic rings. The fourth-order valence-electron chi connectivity index (χ4n) is 4.24. The highest BCUT2D eigenvalue weighted by Gasteiger charge is 2.53. The molecule has 14 nitrogen and oxygen atoms in total. The summed E-state index contributed by atoms with van der Waals surface area (Å²) in [5.41, 5.74) is 0. The smallest absolute Gasteiger partial charge is 0.264 e. The number of hydrogen-bond acceptors (Lipinski definition) is 14. The van der Waals surface area contributed by atoms with Gasteiger partial charge in [0.25, 0.3) is 10.1 Å². The van der Waals surface area contributed by atoms with E-state index in [-0.39, 0.29) is 40.8 Å². The van der Waals surface area contributed by atoms with Crippen molar-refractivity contribution in [2.45, 2.75) is 103 Å². The van der Waals surface area contributed by atoms with Crippen LogP contribution in [0.3, 0.4) is 0 Å². The Morgan fingerprint density at radius 3 is 1.59 bits per heavy atom. The van der Waals surface area contributed by atoms with E-state index < -0.39 is 73.5 Å². The zero-order valence-electron chi connectivity index (χ0n) is 21.5. The molecule has 0 saturated carbocycles. The summed E-state index contributed by atoms with van der Waals surface area (Å²) in [6, 6.07) is 0. The van der Waals surface area contributed by atoms with Crippen LogP contribution in [0.15, 0.2) is 0 Å². The van der Waals surface area contributed by atoms with Crippen LogP contribution in [-0.4, -0.2) is 132 Å². The minimum Gasteiger partial charge on any atom is -0.394 e. The topological polar surface area (TPSA) is 194 Å². The fraction of sp³-hybridized carbons (Fsp3) is 1.00. The second-order valence-corrected chi connectivity index (χ2v) is 14.5. The predicted octanol–water partition coefficient (Wildman–Crippen LogP) is -0.0421. The highest BCUT2D eigenvalue weighted by molar-refractivity contribution is 8.13. The Labute approximate surface area is 236 Å². The molecule has 4 saturated heterocycles. The molecule has 0 radical (unpaired) electrons. The van der Waals surface area contributed by atoms with Gasteiger partial charge in [0.15, 0.2) is 11.6 Å². The van der Waals surface area contributed by atoms with Gasteiger partial charge in [0.2, 0.25) is 9.05 Å². The van der Waals surface area contributed by atoms with Crippen LogP contribution in [0.5, 0.6) is 0 Å². The first-order valence-corrected chi connectivity index (χ1v) is 15.9. The van der Waals surface area contributed by atoms with Gasteiger partial charge in [-0.15, -0.1) is 0 Å². The minimum atomic E-state index is -3.67. The standard InChI is InChI=1S/C10H18O7S.C9H16O5.CH3ClO2S.2CH4/c1-10(2)15-7-5-14-6(4-11)9(8(7)16-10)17-18(3,12)13;1-9(2)13-6-4-12-5(3-10)7(11)8(6)14-9;1-5(2,3)4;;/h6-9,11H,4-5H2,1-3H3;5-8,10-11H,3-4H2,1-2H3;1H3;2*1H4/t6?,7-,8-,9-;5?,6-,7-,8-;;;/m00.../s1. The third-order valence-electron chi connectivity index (χ3n) is 5.45. The van der Waals surface area contributed by atoms with Gasteiger partial charge in [0.1, 0.15) is 48.8 Å². The molecule has 0 aromatic carbocycles. The van der Waals surface area contributed by atoms with Crippen LogP contribution in [0.2, 0.25) is 0 Å². The van der Waals surface area contributed by atoms with Crippen molar-refractivity contribution in [1.29, 1.82) is 0 Å². The van der Waals surface area contributed by atoms with E-state index in [9.17, 15) is 27.0 Å². The van der Waals surface area contributed by atoms with Gasteiger partial charge in [-0.3, -0.25) is 4.18 Å². The predicted molar refractivity (Wildman–Crippen MR) is 141 cm³/mol. The van der Waals surface area contributed by atoms with Crippen molar-refractivity contribution in [3.05, 3.63) is 0 Å². The van der Waals surface area contributed by atoms with Crippen LogP contribution in [0.25, 0.3) is 0 Å². The molecule has 0 spiro atoms. The summed E-state index contributed by atoms with van der Waals surface area (Å²) < 4.78 is 79.2. The quantitative estimate of drug-likeness (QED) is 0.276. The summed E-state index contributed by atoms with van der Waals surface area (Å²) in [5.74, 6) is -1.49. The lowest BCUT2D eigenvalue weighted by atomic mass is 10.0. The monoisotopic (exact) mass is 632 g/mol. The molecule has 39 heavy (non-hydrogen) atoms. The molecule has 4 rings (SSSR count). The van der Waals surface area contributed by atoms with Gasteiger partial charge in [0, 0.05) is 10.7 Å². The molecule has 4 aliphatic heterocycles. The van der Waals surface area contributed by atoms with Crippen LogP contribution in [-0.2, 0) is 51.8 Å². The molecule has 236 valence electrons. The Balaban J connectivity index is 0.000000617. The lowest BCUT2D eigenvalue weighted by Gasteiger charge is -2.35. The Morgan fingerprint density at radius 2 is 1.18 bits per heavy atom. The average molecular weight is 633 g/mol. The molecule has 8 atom stereocenters. The second-order valence-electron chi connectivity index (χ2n) is 9.82. The van der Waals surface area contributed by atoms with Gasteiger partial charge in [-0.05, 0) is 27.7 Å². The molecule has 0 aliphatic carbocycles. The maximum absolute atomic E-state index is 11.3. The van der Waals surface area contributed by atoms with E-state index in [4.69, 9.17) is 37.7 Å². The van der Waals surface area contributed by atoms with E-state index in [1.54, 1.807) is 27.7 Å². The zero-order valence-corrected chi connectivity index (χ0v) is 23.9. The van der Waals surface area contributed by atoms with E-state index in [0.717, 1.165) is 12.5 Å². The number of aliphatic hydroxyl groups excluding tert-OH is 3. The molecule has 0 aromatic heterocycles. The normalized spacial score (nSPS) is 36.4. The largest absolute Gasteiger partial charge is 0.394 e. The van der Waals surface area contributed by atoms with E-state index in [0.29, 0.717) is 6.61 Å². The highest BCUT2D eigenvalue weighted by atomic mass is 35.7. The van der Waals surface area contributed by atoms with Crippen LogP contribution < -0.4 is 0 Å². The first kappa shape index (κ1) is 38.8. The molecular formula is C22H45ClO14S2. The molecule has 2 unspecified atom stereocenters. The summed E-state index contributed by atoms with van der Waals surface area (Å²) in [6.07, 6.45) is -2.73. The molecule has 4 aliphatic rings.